The van der Waals surface area contributed by atoms with Crippen molar-refractivity contribution < 1.29 is 18.4 Å². The highest BCUT2D eigenvalue weighted by Gasteiger charge is 2.23. The van der Waals surface area contributed by atoms with Crippen LogP contribution in [-0.2, 0) is 9.59 Å². The molecule has 0 saturated heterocycles. The molecule has 0 fully saturated rings. The lowest BCUT2D eigenvalue weighted by Gasteiger charge is -2.20. The summed E-state index contributed by atoms with van der Waals surface area (Å²) in [6, 6.07) is 0. The average molecular weight is 208 g/mol. The van der Waals surface area contributed by atoms with Crippen molar-refractivity contribution in [2.75, 3.05) is 20.1 Å². The van der Waals surface area contributed by atoms with E-state index in [9.17, 15) is 18.4 Å². The van der Waals surface area contributed by atoms with Crippen LogP contribution in [0, 0.1) is 0 Å². The largest absolute Gasteiger partial charge is 0.358 e. The van der Waals surface area contributed by atoms with Gasteiger partial charge in [-0.1, -0.05) is 6.92 Å². The predicted octanol–water partition coefficient (Wildman–Crippen LogP) is 0.236. The molecule has 82 valence electrons. The Morgan fingerprint density at radius 1 is 1.43 bits per heavy atom. The van der Waals surface area contributed by atoms with Crippen molar-refractivity contribution in [3.63, 3.8) is 0 Å². The van der Waals surface area contributed by atoms with Crippen molar-refractivity contribution in [2.24, 2.45) is 0 Å². The Labute approximate surface area is 81.3 Å². The lowest BCUT2D eigenvalue weighted by Crippen LogP contribution is -2.42. The van der Waals surface area contributed by atoms with E-state index in [2.05, 4.69) is 5.32 Å². The molecule has 0 aliphatic carbocycles. The maximum absolute atomic E-state index is 12.0. The number of hydrogen-bond acceptors (Lipinski definition) is 2. The third kappa shape index (κ3) is 4.15. The summed E-state index contributed by atoms with van der Waals surface area (Å²) in [5.74, 6) is -1.75. The van der Waals surface area contributed by atoms with Gasteiger partial charge < -0.3 is 10.2 Å². The van der Waals surface area contributed by atoms with E-state index < -0.39 is 18.2 Å². The van der Waals surface area contributed by atoms with Crippen LogP contribution in [0.5, 0.6) is 0 Å². The molecule has 4 nitrogen and oxygen atoms in total. The molecule has 0 heterocycles. The second-order valence-corrected chi connectivity index (χ2v) is 2.73. The average Bonchev–Trinajstić information content (AvgIpc) is 2.15. The van der Waals surface area contributed by atoms with Crippen LogP contribution in [0.1, 0.15) is 13.3 Å². The number of hydrogen-bond donors (Lipinski definition) is 1. The second-order valence-electron chi connectivity index (χ2n) is 2.73. The maximum atomic E-state index is 12.0. The molecule has 1 N–H and O–H groups in total. The molecule has 0 spiro atoms. The first-order valence-electron chi connectivity index (χ1n) is 4.30. The second kappa shape index (κ2) is 6.28. The SMILES string of the molecule is CCCN(CC(=O)NC)C(=O)C(F)F. The molecular formula is C8H14F2N2O2. The highest BCUT2D eigenvalue weighted by molar-refractivity contribution is 5.86. The topological polar surface area (TPSA) is 49.4 Å². The van der Waals surface area contributed by atoms with Gasteiger partial charge in [-0.05, 0) is 6.42 Å². The monoisotopic (exact) mass is 208 g/mol. The summed E-state index contributed by atoms with van der Waals surface area (Å²) in [6.45, 7) is 1.60. The molecule has 0 aromatic heterocycles. The van der Waals surface area contributed by atoms with Gasteiger partial charge in [0.2, 0.25) is 5.91 Å². The van der Waals surface area contributed by atoms with Crippen LogP contribution >= 0.6 is 0 Å². The molecule has 0 bridgehead atoms. The molecule has 0 aromatic rings. The zero-order valence-corrected chi connectivity index (χ0v) is 8.22. The third-order valence-corrected chi connectivity index (χ3v) is 1.61. The molecule has 0 rings (SSSR count). The van der Waals surface area contributed by atoms with Gasteiger partial charge in [0, 0.05) is 13.6 Å². The summed E-state index contributed by atoms with van der Waals surface area (Å²) in [5, 5.41) is 2.27. The minimum atomic E-state index is -3.05. The van der Waals surface area contributed by atoms with Crippen molar-refractivity contribution in [3.05, 3.63) is 0 Å². The van der Waals surface area contributed by atoms with Gasteiger partial charge in [-0.2, -0.15) is 8.78 Å². The minimum Gasteiger partial charge on any atom is -0.358 e. The zero-order valence-electron chi connectivity index (χ0n) is 8.22. The van der Waals surface area contributed by atoms with E-state index in [4.69, 9.17) is 0 Å². The first kappa shape index (κ1) is 12.8. The number of amides is 2. The Balaban J connectivity index is 4.28. The van der Waals surface area contributed by atoms with Crippen LogP contribution < -0.4 is 5.32 Å². The molecule has 0 saturated carbocycles. The van der Waals surface area contributed by atoms with E-state index in [0.717, 1.165) is 4.90 Å². The first-order chi connectivity index (χ1) is 6.52. The van der Waals surface area contributed by atoms with Gasteiger partial charge in [0.05, 0.1) is 6.54 Å². The number of rotatable bonds is 5. The summed E-state index contributed by atoms with van der Waals surface area (Å²) in [6.07, 6.45) is -2.51. The van der Waals surface area contributed by atoms with Gasteiger partial charge in [0.1, 0.15) is 0 Å². The highest BCUT2D eigenvalue weighted by Crippen LogP contribution is 2.01. The van der Waals surface area contributed by atoms with Gasteiger partial charge >= 0.3 is 6.43 Å². The molecule has 0 atom stereocenters. The Bertz CT molecular complexity index is 210. The Morgan fingerprint density at radius 2 is 2.00 bits per heavy atom. The maximum Gasteiger partial charge on any atom is 0.315 e. The molecule has 14 heavy (non-hydrogen) atoms. The van der Waals surface area contributed by atoms with Crippen molar-refractivity contribution in [1.82, 2.24) is 10.2 Å². The van der Waals surface area contributed by atoms with Crippen molar-refractivity contribution >= 4 is 11.8 Å². The molecule has 6 heteroatoms. The fourth-order valence-electron chi connectivity index (χ4n) is 0.928. The summed E-state index contributed by atoms with van der Waals surface area (Å²) < 4.78 is 24.1. The molecule has 0 aromatic carbocycles. The van der Waals surface area contributed by atoms with Crippen molar-refractivity contribution in [1.29, 1.82) is 0 Å². The van der Waals surface area contributed by atoms with Gasteiger partial charge in [-0.25, -0.2) is 0 Å². The van der Waals surface area contributed by atoms with Crippen molar-refractivity contribution in [3.8, 4) is 0 Å². The van der Waals surface area contributed by atoms with E-state index in [1.54, 1.807) is 6.92 Å². The Kier molecular flexibility index (Phi) is 5.74. The smallest absolute Gasteiger partial charge is 0.315 e. The van der Waals surface area contributed by atoms with Crippen LogP contribution in [0.25, 0.3) is 0 Å². The number of halogens is 2. The van der Waals surface area contributed by atoms with Crippen LogP contribution in [-0.4, -0.2) is 43.3 Å². The molecule has 0 radical (unpaired) electrons. The summed E-state index contributed by atoms with van der Waals surface area (Å²) in [5.41, 5.74) is 0. The molecule has 0 aliphatic heterocycles. The molecule has 2 amide bonds. The van der Waals surface area contributed by atoms with Crippen LogP contribution in [0.4, 0.5) is 8.78 Å². The normalized spacial score (nSPS) is 10.1. The Morgan fingerprint density at radius 3 is 2.36 bits per heavy atom. The fraction of sp³-hybridized carbons (Fsp3) is 0.750. The predicted molar refractivity (Wildman–Crippen MR) is 46.9 cm³/mol. The highest BCUT2D eigenvalue weighted by atomic mass is 19.3. The van der Waals surface area contributed by atoms with Gasteiger partial charge in [-0.15, -0.1) is 0 Å². The number of nitrogens with zero attached hydrogens (tertiary/aromatic N) is 1. The van der Waals surface area contributed by atoms with Crippen LogP contribution in [0.3, 0.4) is 0 Å². The standard InChI is InChI=1S/C8H14F2N2O2/c1-3-4-12(5-6(13)11-2)8(14)7(9)10/h7H,3-5H2,1-2H3,(H,11,13). The fourth-order valence-corrected chi connectivity index (χ4v) is 0.928. The molecule has 0 aliphatic rings. The number of carbonyl (C=O) groups is 2. The van der Waals surface area contributed by atoms with E-state index >= 15 is 0 Å². The number of nitrogens with one attached hydrogen (secondary N) is 1. The molecular weight excluding hydrogens is 194 g/mol. The van der Waals surface area contributed by atoms with Gasteiger partial charge in [-0.3, -0.25) is 9.59 Å². The van der Waals surface area contributed by atoms with E-state index in [1.807, 2.05) is 0 Å². The van der Waals surface area contributed by atoms with E-state index in [0.29, 0.717) is 6.42 Å². The van der Waals surface area contributed by atoms with Crippen molar-refractivity contribution in [2.45, 2.75) is 19.8 Å². The van der Waals surface area contributed by atoms with E-state index in [-0.39, 0.29) is 13.1 Å². The molecule has 0 unspecified atom stereocenters. The lowest BCUT2D eigenvalue weighted by molar-refractivity contribution is -0.145. The van der Waals surface area contributed by atoms with E-state index in [1.165, 1.54) is 7.05 Å². The summed E-state index contributed by atoms with van der Waals surface area (Å²) in [4.78, 5) is 22.6. The van der Waals surface area contributed by atoms with Gasteiger partial charge in [0.15, 0.2) is 0 Å². The minimum absolute atomic E-state index is 0.163. The lowest BCUT2D eigenvalue weighted by atomic mass is 10.3. The summed E-state index contributed by atoms with van der Waals surface area (Å²) in [7, 11) is 1.39. The van der Waals surface area contributed by atoms with Crippen LogP contribution in [0.15, 0.2) is 0 Å². The third-order valence-electron chi connectivity index (χ3n) is 1.61. The Hall–Kier alpha value is -1.20. The first-order valence-corrected chi connectivity index (χ1v) is 4.30. The number of likely N-dealkylation sites (N-methyl/N-ethyl adjacent to an activating group) is 1. The summed E-state index contributed by atoms with van der Waals surface area (Å²) >= 11 is 0. The number of alkyl halides is 2. The van der Waals surface area contributed by atoms with Gasteiger partial charge in [0.25, 0.3) is 5.91 Å². The quantitative estimate of drug-likeness (QED) is 0.703. The number of carbonyl (C=O) groups excluding carboxylic acids is 2. The zero-order chi connectivity index (χ0) is 11.1. The van der Waals surface area contributed by atoms with Crippen LogP contribution in [0.2, 0.25) is 0 Å².